The molecule has 0 aromatic rings. The predicted octanol–water partition coefficient (Wildman–Crippen LogP) is 8.33. The van der Waals surface area contributed by atoms with E-state index in [4.69, 9.17) is 0 Å². The summed E-state index contributed by atoms with van der Waals surface area (Å²) in [5.41, 5.74) is 0.874. The fourth-order valence-corrected chi connectivity index (χ4v) is 4.07. The third-order valence-electron chi connectivity index (χ3n) is 5.95. The zero-order valence-electron chi connectivity index (χ0n) is 18.9. The summed E-state index contributed by atoms with van der Waals surface area (Å²) < 4.78 is 0. The Balaban J connectivity index is 1.77. The Kier molecular flexibility index (Phi) is 16.1. The van der Waals surface area contributed by atoms with E-state index in [0.29, 0.717) is 6.42 Å². The van der Waals surface area contributed by atoms with Gasteiger partial charge in [0.05, 0.1) is 0 Å². The van der Waals surface area contributed by atoms with Gasteiger partial charge in [-0.3, -0.25) is 4.79 Å². The maximum atomic E-state index is 11.6. The summed E-state index contributed by atoms with van der Waals surface area (Å²) in [5, 5.41) is 0. The Morgan fingerprint density at radius 3 is 1.71 bits per heavy atom. The van der Waals surface area contributed by atoms with E-state index in [2.05, 4.69) is 19.6 Å². The zero-order chi connectivity index (χ0) is 20.3. The summed E-state index contributed by atoms with van der Waals surface area (Å²) in [6, 6.07) is 0. The number of nitrogens with zero attached hydrogens (tertiary/aromatic N) is 1. The number of likely N-dealkylation sites (tertiary alicyclic amines) is 1. The highest BCUT2D eigenvalue weighted by Crippen LogP contribution is 2.17. The molecule has 0 aliphatic carbocycles. The first-order valence-electron chi connectivity index (χ1n) is 12.4. The molecule has 1 aliphatic rings. The minimum Gasteiger partial charge on any atom is -0.313 e. The van der Waals surface area contributed by atoms with E-state index in [1.54, 1.807) is 0 Å². The minimum atomic E-state index is 0.233. The second-order valence-corrected chi connectivity index (χ2v) is 8.63. The van der Waals surface area contributed by atoms with Crippen LogP contribution in [0.1, 0.15) is 129 Å². The molecule has 1 heterocycles. The number of hydrogen-bond donors (Lipinski definition) is 0. The van der Waals surface area contributed by atoms with E-state index >= 15 is 0 Å². The Labute approximate surface area is 175 Å². The van der Waals surface area contributed by atoms with Gasteiger partial charge in [-0.1, -0.05) is 116 Å². The minimum absolute atomic E-state index is 0.233. The van der Waals surface area contributed by atoms with E-state index in [0.717, 1.165) is 25.1 Å². The topological polar surface area (TPSA) is 20.3 Å². The van der Waals surface area contributed by atoms with Gasteiger partial charge in [-0.05, 0) is 25.3 Å². The van der Waals surface area contributed by atoms with Crippen molar-refractivity contribution in [2.75, 3.05) is 6.54 Å². The molecule has 1 aliphatic heterocycles. The summed E-state index contributed by atoms with van der Waals surface area (Å²) in [4.78, 5) is 13.5. The Morgan fingerprint density at radius 2 is 1.29 bits per heavy atom. The first-order valence-corrected chi connectivity index (χ1v) is 12.4. The molecule has 0 N–H and O–H groups in total. The maximum Gasteiger partial charge on any atom is 0.227 e. The lowest BCUT2D eigenvalue weighted by Gasteiger charge is -2.14. The van der Waals surface area contributed by atoms with Crippen molar-refractivity contribution in [3.05, 3.63) is 24.4 Å². The molecule has 2 nitrogen and oxygen atoms in total. The molecule has 0 unspecified atom stereocenters. The third kappa shape index (κ3) is 13.2. The van der Waals surface area contributed by atoms with Crippen LogP contribution in [0.3, 0.4) is 0 Å². The van der Waals surface area contributed by atoms with Gasteiger partial charge < -0.3 is 4.90 Å². The van der Waals surface area contributed by atoms with Crippen molar-refractivity contribution < 1.29 is 4.79 Å². The SMILES string of the molecule is C=C(C=CCCCCCCCCCCCCCCCCCC)N1CCCC1=O. The monoisotopic (exact) mass is 389 g/mol. The second-order valence-electron chi connectivity index (χ2n) is 8.63. The van der Waals surface area contributed by atoms with Gasteiger partial charge in [0.1, 0.15) is 0 Å². The molecular weight excluding hydrogens is 342 g/mol. The van der Waals surface area contributed by atoms with Crippen molar-refractivity contribution in [3.63, 3.8) is 0 Å². The first-order chi connectivity index (χ1) is 13.8. The summed E-state index contributed by atoms with van der Waals surface area (Å²) in [6.45, 7) is 7.16. The fourth-order valence-electron chi connectivity index (χ4n) is 4.07. The van der Waals surface area contributed by atoms with E-state index in [1.807, 2.05) is 11.0 Å². The molecule has 1 saturated heterocycles. The normalized spacial score (nSPS) is 14.5. The van der Waals surface area contributed by atoms with Gasteiger partial charge in [0.2, 0.25) is 5.91 Å². The maximum absolute atomic E-state index is 11.6. The number of carbonyl (C=O) groups excluding carboxylic acids is 1. The highest BCUT2D eigenvalue weighted by Gasteiger charge is 2.20. The van der Waals surface area contributed by atoms with Crippen LogP contribution >= 0.6 is 0 Å². The van der Waals surface area contributed by atoms with Crippen LogP contribution in [-0.2, 0) is 4.79 Å². The molecule has 1 rings (SSSR count). The third-order valence-corrected chi connectivity index (χ3v) is 5.95. The highest BCUT2D eigenvalue weighted by atomic mass is 16.2. The summed E-state index contributed by atoms with van der Waals surface area (Å²) in [5.74, 6) is 0.233. The van der Waals surface area contributed by atoms with Gasteiger partial charge in [0.15, 0.2) is 0 Å². The van der Waals surface area contributed by atoms with Crippen LogP contribution in [-0.4, -0.2) is 17.4 Å². The molecular formula is C26H47NO. The number of rotatable bonds is 19. The predicted molar refractivity (Wildman–Crippen MR) is 123 cm³/mol. The first kappa shape index (κ1) is 25.0. The summed E-state index contributed by atoms with van der Waals surface area (Å²) >= 11 is 0. The smallest absolute Gasteiger partial charge is 0.227 e. The quantitative estimate of drug-likeness (QED) is 0.160. The lowest BCUT2D eigenvalue weighted by Crippen LogP contribution is -2.22. The van der Waals surface area contributed by atoms with E-state index < -0.39 is 0 Å². The average Bonchev–Trinajstić information content (AvgIpc) is 3.13. The van der Waals surface area contributed by atoms with Crippen molar-refractivity contribution in [1.29, 1.82) is 0 Å². The van der Waals surface area contributed by atoms with E-state index in [9.17, 15) is 4.79 Å². The van der Waals surface area contributed by atoms with Gasteiger partial charge in [0, 0.05) is 18.7 Å². The van der Waals surface area contributed by atoms with Crippen molar-refractivity contribution >= 4 is 5.91 Å². The van der Waals surface area contributed by atoms with Crippen LogP contribution in [0.15, 0.2) is 24.4 Å². The molecule has 0 aromatic carbocycles. The zero-order valence-corrected chi connectivity index (χ0v) is 18.9. The molecule has 2 heteroatoms. The highest BCUT2D eigenvalue weighted by molar-refractivity contribution is 5.80. The van der Waals surface area contributed by atoms with Crippen LogP contribution in [0.25, 0.3) is 0 Å². The Hall–Kier alpha value is -1.05. The van der Waals surface area contributed by atoms with Gasteiger partial charge in [0.25, 0.3) is 0 Å². The molecule has 0 radical (unpaired) electrons. The largest absolute Gasteiger partial charge is 0.313 e. The van der Waals surface area contributed by atoms with Crippen LogP contribution in [0, 0.1) is 0 Å². The summed E-state index contributed by atoms with van der Waals surface area (Å²) in [7, 11) is 0. The van der Waals surface area contributed by atoms with E-state index in [1.165, 1.54) is 103 Å². The van der Waals surface area contributed by atoms with Crippen molar-refractivity contribution in [2.24, 2.45) is 0 Å². The molecule has 0 spiro atoms. The van der Waals surface area contributed by atoms with Gasteiger partial charge >= 0.3 is 0 Å². The number of unbranched alkanes of at least 4 members (excludes halogenated alkanes) is 16. The molecule has 1 fully saturated rings. The fraction of sp³-hybridized carbons (Fsp3) is 0.808. The molecule has 1 amide bonds. The average molecular weight is 390 g/mol. The molecule has 162 valence electrons. The number of hydrogen-bond acceptors (Lipinski definition) is 1. The van der Waals surface area contributed by atoms with Crippen LogP contribution in [0.5, 0.6) is 0 Å². The Bertz CT molecular complexity index is 426. The molecule has 0 bridgehead atoms. The lowest BCUT2D eigenvalue weighted by molar-refractivity contribution is -0.125. The number of allylic oxidation sites excluding steroid dienone is 2. The van der Waals surface area contributed by atoms with Crippen LogP contribution in [0.4, 0.5) is 0 Å². The van der Waals surface area contributed by atoms with Gasteiger partial charge in [-0.25, -0.2) is 0 Å². The molecule has 28 heavy (non-hydrogen) atoms. The van der Waals surface area contributed by atoms with Crippen molar-refractivity contribution in [3.8, 4) is 0 Å². The lowest BCUT2D eigenvalue weighted by atomic mass is 10.0. The van der Waals surface area contributed by atoms with Crippen molar-refractivity contribution in [1.82, 2.24) is 4.90 Å². The van der Waals surface area contributed by atoms with Crippen LogP contribution < -0.4 is 0 Å². The summed E-state index contributed by atoms with van der Waals surface area (Å²) in [6.07, 6.45) is 29.6. The second kappa shape index (κ2) is 18.0. The molecule has 0 atom stereocenters. The van der Waals surface area contributed by atoms with Crippen LogP contribution in [0.2, 0.25) is 0 Å². The number of carbonyl (C=O) groups is 1. The molecule has 0 aromatic heterocycles. The standard InChI is InChI=1S/C26H47NO/c1-3-4-5-6-7-8-9-10-11-12-13-14-15-16-17-18-19-20-22-25(2)27-24-21-23-26(27)28/h20,22H,2-19,21,23-24H2,1H3. The van der Waals surface area contributed by atoms with E-state index in [-0.39, 0.29) is 5.91 Å². The molecule has 0 saturated carbocycles. The Morgan fingerprint density at radius 1 is 0.821 bits per heavy atom. The number of amides is 1. The van der Waals surface area contributed by atoms with Gasteiger partial charge in [-0.15, -0.1) is 0 Å². The van der Waals surface area contributed by atoms with Crippen molar-refractivity contribution in [2.45, 2.75) is 129 Å². The van der Waals surface area contributed by atoms with Gasteiger partial charge in [-0.2, -0.15) is 0 Å².